The fourth-order valence-corrected chi connectivity index (χ4v) is 1.19. The molecule has 2 rings (SSSR count). The van der Waals surface area contributed by atoms with Crippen LogP contribution in [0.1, 0.15) is 16.1 Å². The Morgan fingerprint density at radius 1 is 1.38 bits per heavy atom. The first-order chi connectivity index (χ1) is 7.58. The molecule has 4 N–H and O–H groups in total. The summed E-state index contributed by atoms with van der Waals surface area (Å²) in [5.41, 5.74) is 11.8. The third kappa shape index (κ3) is 1.70. The fourth-order valence-electron chi connectivity index (χ4n) is 1.19. The van der Waals surface area contributed by atoms with Crippen molar-refractivity contribution < 1.29 is 4.79 Å². The molecule has 0 fully saturated rings. The first-order valence-corrected chi connectivity index (χ1v) is 4.52. The zero-order chi connectivity index (χ0) is 11.7. The average Bonchev–Trinajstić information content (AvgIpc) is 2.61. The number of anilines is 1. The molecule has 0 aromatic carbocycles. The Bertz CT molecular complexity index is 529. The highest BCUT2D eigenvalue weighted by Gasteiger charge is 2.12. The number of hydrogen-bond donors (Lipinski definition) is 2. The zero-order valence-electron chi connectivity index (χ0n) is 8.58. The minimum atomic E-state index is -0.677. The number of carbonyl (C=O) groups excluding carboxylic acids is 1. The molecular weight excluding hydrogens is 208 g/mol. The first-order valence-electron chi connectivity index (χ1n) is 4.52. The van der Waals surface area contributed by atoms with Crippen LogP contribution in [0.3, 0.4) is 0 Å². The lowest BCUT2D eigenvalue weighted by molar-refractivity contribution is 0.0996. The van der Waals surface area contributed by atoms with Crippen LogP contribution in [0.25, 0.3) is 5.95 Å². The molecule has 2 heterocycles. The van der Waals surface area contributed by atoms with E-state index in [4.69, 9.17) is 11.5 Å². The molecule has 0 aliphatic carbocycles. The molecular formula is C9H10N6O. The van der Waals surface area contributed by atoms with E-state index in [-0.39, 0.29) is 11.4 Å². The predicted molar refractivity (Wildman–Crippen MR) is 56.8 cm³/mol. The summed E-state index contributed by atoms with van der Waals surface area (Å²) in [6.45, 7) is 1.87. The topological polar surface area (TPSA) is 113 Å². The quantitative estimate of drug-likeness (QED) is 0.715. The summed E-state index contributed by atoms with van der Waals surface area (Å²) >= 11 is 0. The van der Waals surface area contributed by atoms with Gasteiger partial charge in [0.25, 0.3) is 11.9 Å². The summed E-state index contributed by atoms with van der Waals surface area (Å²) in [7, 11) is 0. The lowest BCUT2D eigenvalue weighted by Gasteiger charge is -1.97. The van der Waals surface area contributed by atoms with Gasteiger partial charge in [0, 0.05) is 12.4 Å². The van der Waals surface area contributed by atoms with Crippen LogP contribution in [-0.4, -0.2) is 25.7 Å². The Hall–Kier alpha value is -2.44. The van der Waals surface area contributed by atoms with Gasteiger partial charge in [-0.05, 0) is 12.5 Å². The van der Waals surface area contributed by atoms with Crippen LogP contribution < -0.4 is 11.5 Å². The number of amides is 1. The van der Waals surface area contributed by atoms with Crippen LogP contribution in [0, 0.1) is 6.92 Å². The van der Waals surface area contributed by atoms with Crippen LogP contribution in [0.5, 0.6) is 0 Å². The van der Waals surface area contributed by atoms with Crippen LogP contribution in [0.4, 0.5) is 5.69 Å². The van der Waals surface area contributed by atoms with E-state index in [1.165, 1.54) is 10.9 Å². The lowest BCUT2D eigenvalue weighted by atomic mass is 10.4. The maximum atomic E-state index is 10.9. The number of carbonyl (C=O) groups is 1. The molecule has 0 aliphatic rings. The number of nitrogen functional groups attached to an aromatic ring is 1. The van der Waals surface area contributed by atoms with Gasteiger partial charge in [-0.15, -0.1) is 0 Å². The van der Waals surface area contributed by atoms with Crippen LogP contribution in [0.15, 0.2) is 18.6 Å². The highest BCUT2D eigenvalue weighted by Crippen LogP contribution is 2.10. The van der Waals surface area contributed by atoms with Crippen molar-refractivity contribution in [3.8, 4) is 5.95 Å². The van der Waals surface area contributed by atoms with Gasteiger partial charge in [0.2, 0.25) is 0 Å². The largest absolute Gasteiger partial charge is 0.395 e. The van der Waals surface area contributed by atoms with Crippen LogP contribution in [0.2, 0.25) is 0 Å². The van der Waals surface area contributed by atoms with Crippen molar-refractivity contribution in [1.82, 2.24) is 19.7 Å². The van der Waals surface area contributed by atoms with Gasteiger partial charge in [-0.3, -0.25) is 4.79 Å². The van der Waals surface area contributed by atoms with Crippen molar-refractivity contribution in [1.29, 1.82) is 0 Å². The van der Waals surface area contributed by atoms with Gasteiger partial charge in [-0.25, -0.2) is 14.6 Å². The Morgan fingerprint density at radius 3 is 2.50 bits per heavy atom. The molecule has 82 valence electrons. The molecule has 0 saturated carbocycles. The normalized spacial score (nSPS) is 10.3. The molecule has 0 atom stereocenters. The highest BCUT2D eigenvalue weighted by atomic mass is 16.1. The monoisotopic (exact) mass is 218 g/mol. The fraction of sp³-hybridized carbons (Fsp3) is 0.111. The number of hydrogen-bond acceptors (Lipinski definition) is 5. The zero-order valence-corrected chi connectivity index (χ0v) is 8.58. The van der Waals surface area contributed by atoms with Gasteiger partial charge >= 0.3 is 0 Å². The van der Waals surface area contributed by atoms with Gasteiger partial charge < -0.3 is 11.5 Å². The van der Waals surface area contributed by atoms with Gasteiger partial charge in [-0.1, -0.05) is 0 Å². The minimum absolute atomic E-state index is 0.0178. The Labute approximate surface area is 91.1 Å². The molecule has 2 aromatic heterocycles. The maximum absolute atomic E-state index is 10.9. The van der Waals surface area contributed by atoms with E-state index < -0.39 is 5.91 Å². The van der Waals surface area contributed by atoms with E-state index in [1.54, 1.807) is 12.4 Å². The SMILES string of the molecule is Cc1cnc(-n2cc(N)c(C(N)=O)n2)nc1. The smallest absolute Gasteiger partial charge is 0.271 e. The molecule has 0 aliphatic heterocycles. The lowest BCUT2D eigenvalue weighted by Crippen LogP contribution is -2.14. The van der Waals surface area contributed by atoms with Crippen molar-refractivity contribution in [3.05, 3.63) is 29.8 Å². The van der Waals surface area contributed by atoms with Gasteiger partial charge in [-0.2, -0.15) is 5.10 Å². The second kappa shape index (κ2) is 3.61. The van der Waals surface area contributed by atoms with Gasteiger partial charge in [0.1, 0.15) is 0 Å². The highest BCUT2D eigenvalue weighted by molar-refractivity contribution is 5.95. The van der Waals surface area contributed by atoms with E-state index in [2.05, 4.69) is 15.1 Å². The summed E-state index contributed by atoms with van der Waals surface area (Å²) in [6.07, 6.45) is 4.74. The van der Waals surface area contributed by atoms with E-state index in [0.717, 1.165) is 5.56 Å². The van der Waals surface area contributed by atoms with E-state index >= 15 is 0 Å². The molecule has 0 unspecified atom stereocenters. The number of rotatable bonds is 2. The molecule has 1 amide bonds. The molecule has 2 aromatic rings. The van der Waals surface area contributed by atoms with E-state index in [1.807, 2.05) is 6.92 Å². The Balaban J connectivity index is 2.45. The van der Waals surface area contributed by atoms with Crippen molar-refractivity contribution in [3.63, 3.8) is 0 Å². The molecule has 0 saturated heterocycles. The van der Waals surface area contributed by atoms with E-state index in [0.29, 0.717) is 5.95 Å². The summed E-state index contributed by atoms with van der Waals surface area (Å²) < 4.78 is 1.31. The van der Waals surface area contributed by atoms with Crippen molar-refractivity contribution in [2.24, 2.45) is 5.73 Å². The third-order valence-electron chi connectivity index (χ3n) is 1.95. The van der Waals surface area contributed by atoms with Crippen LogP contribution in [-0.2, 0) is 0 Å². The second-order valence-electron chi connectivity index (χ2n) is 3.30. The van der Waals surface area contributed by atoms with Gasteiger partial charge in [0.05, 0.1) is 11.9 Å². The number of aromatic nitrogens is 4. The number of nitrogens with two attached hydrogens (primary N) is 2. The molecule has 7 nitrogen and oxygen atoms in total. The Morgan fingerprint density at radius 2 is 2.00 bits per heavy atom. The summed E-state index contributed by atoms with van der Waals surface area (Å²) in [6, 6.07) is 0. The van der Waals surface area contributed by atoms with Crippen molar-refractivity contribution >= 4 is 11.6 Å². The second-order valence-corrected chi connectivity index (χ2v) is 3.30. The minimum Gasteiger partial charge on any atom is -0.395 e. The summed E-state index contributed by atoms with van der Waals surface area (Å²) in [4.78, 5) is 19.0. The van der Waals surface area contributed by atoms with Crippen molar-refractivity contribution in [2.45, 2.75) is 6.92 Å². The molecule has 7 heteroatoms. The first kappa shape index (κ1) is 10.1. The number of nitrogens with zero attached hydrogens (tertiary/aromatic N) is 4. The van der Waals surface area contributed by atoms with Crippen molar-refractivity contribution in [2.75, 3.05) is 5.73 Å². The number of primary amides is 1. The summed E-state index contributed by atoms with van der Waals surface area (Å²) in [5, 5.41) is 3.90. The van der Waals surface area contributed by atoms with Gasteiger partial charge in [0.15, 0.2) is 5.69 Å². The number of aryl methyl sites for hydroxylation is 1. The predicted octanol–water partition coefficient (Wildman–Crippen LogP) is -0.348. The molecule has 0 radical (unpaired) electrons. The average molecular weight is 218 g/mol. The molecule has 0 spiro atoms. The summed E-state index contributed by atoms with van der Waals surface area (Å²) in [5.74, 6) is -0.340. The molecule has 0 bridgehead atoms. The third-order valence-corrected chi connectivity index (χ3v) is 1.95. The Kier molecular flexibility index (Phi) is 2.28. The standard InChI is InChI=1S/C9H10N6O/c1-5-2-12-9(13-3-5)15-4-6(10)7(14-15)8(11)16/h2-4H,10H2,1H3,(H2,11,16). The van der Waals surface area contributed by atoms with Crippen LogP contribution >= 0.6 is 0 Å². The maximum Gasteiger partial charge on any atom is 0.271 e. The molecule has 16 heavy (non-hydrogen) atoms. The van der Waals surface area contributed by atoms with E-state index in [9.17, 15) is 4.79 Å².